The molecule has 1 aliphatic heterocycles. The van der Waals surface area contributed by atoms with Gasteiger partial charge in [0.05, 0.1) is 5.69 Å². The summed E-state index contributed by atoms with van der Waals surface area (Å²) in [4.78, 5) is 0. The van der Waals surface area contributed by atoms with E-state index < -0.39 is 11.6 Å². The number of aryl methyl sites for hydroxylation is 4. The van der Waals surface area contributed by atoms with Crippen molar-refractivity contribution in [3.8, 4) is 0 Å². The molecule has 5 heteroatoms. The zero-order valence-electron chi connectivity index (χ0n) is 13.9. The summed E-state index contributed by atoms with van der Waals surface area (Å²) in [6.07, 6.45) is 2.22. The molecule has 1 atom stereocenters. The van der Waals surface area contributed by atoms with Crippen molar-refractivity contribution in [2.24, 2.45) is 0 Å². The maximum absolute atomic E-state index is 14.0. The van der Waals surface area contributed by atoms with Crippen molar-refractivity contribution >= 4 is 0 Å². The number of hydrogen-bond donors (Lipinski definition) is 1. The lowest BCUT2D eigenvalue weighted by atomic mass is 9.93. The summed E-state index contributed by atoms with van der Waals surface area (Å²) in [6.45, 7) is 7.46. The lowest BCUT2D eigenvalue weighted by Crippen LogP contribution is -2.31. The molecule has 0 saturated heterocycles. The van der Waals surface area contributed by atoms with Gasteiger partial charge in [0.15, 0.2) is 11.6 Å². The van der Waals surface area contributed by atoms with Gasteiger partial charge < -0.3 is 5.32 Å². The molecule has 0 bridgehead atoms. The molecule has 3 nitrogen and oxygen atoms in total. The molecule has 1 N–H and O–H groups in total. The molecule has 0 spiro atoms. The Morgan fingerprint density at radius 3 is 2.78 bits per heavy atom. The minimum Gasteiger partial charge on any atom is -0.309 e. The highest BCUT2D eigenvalue weighted by atomic mass is 19.2. The molecule has 0 saturated carbocycles. The van der Waals surface area contributed by atoms with Gasteiger partial charge in [-0.05, 0) is 44.7 Å². The summed E-state index contributed by atoms with van der Waals surface area (Å²) in [5.74, 6) is -1.43. The van der Waals surface area contributed by atoms with Crippen molar-refractivity contribution in [1.82, 2.24) is 15.1 Å². The highest BCUT2D eigenvalue weighted by molar-refractivity contribution is 5.32. The van der Waals surface area contributed by atoms with Crippen molar-refractivity contribution in [2.45, 2.75) is 52.6 Å². The normalized spacial score (nSPS) is 17.3. The molecule has 0 fully saturated rings. The van der Waals surface area contributed by atoms with Gasteiger partial charge in [0.1, 0.15) is 0 Å². The van der Waals surface area contributed by atoms with Crippen molar-refractivity contribution in [3.05, 3.63) is 51.8 Å². The average molecular weight is 319 g/mol. The Bertz CT molecular complexity index is 722. The quantitative estimate of drug-likeness (QED) is 0.933. The lowest BCUT2D eigenvalue weighted by Gasteiger charge is -2.25. The van der Waals surface area contributed by atoms with E-state index in [1.165, 1.54) is 11.3 Å². The smallest absolute Gasteiger partial charge is 0.162 e. The van der Waals surface area contributed by atoms with Gasteiger partial charge in [-0.2, -0.15) is 5.10 Å². The first-order valence-electron chi connectivity index (χ1n) is 8.26. The molecule has 23 heavy (non-hydrogen) atoms. The fraction of sp³-hybridized carbons (Fsp3) is 0.500. The number of hydrogen-bond acceptors (Lipinski definition) is 2. The van der Waals surface area contributed by atoms with Crippen LogP contribution >= 0.6 is 0 Å². The summed E-state index contributed by atoms with van der Waals surface area (Å²) in [7, 11) is 0. The van der Waals surface area contributed by atoms with E-state index in [-0.39, 0.29) is 6.04 Å². The lowest BCUT2D eigenvalue weighted by molar-refractivity contribution is 0.450. The largest absolute Gasteiger partial charge is 0.309 e. The zero-order valence-corrected chi connectivity index (χ0v) is 13.9. The van der Waals surface area contributed by atoms with Gasteiger partial charge in [0, 0.05) is 36.8 Å². The molecule has 0 unspecified atom stereocenters. The highest BCUT2D eigenvalue weighted by Gasteiger charge is 2.26. The van der Waals surface area contributed by atoms with Crippen LogP contribution in [0, 0.1) is 25.5 Å². The van der Waals surface area contributed by atoms with Crippen LogP contribution in [0.2, 0.25) is 0 Å². The van der Waals surface area contributed by atoms with Crippen LogP contribution in [0.25, 0.3) is 0 Å². The van der Waals surface area contributed by atoms with Crippen molar-refractivity contribution in [1.29, 1.82) is 0 Å². The van der Waals surface area contributed by atoms with Gasteiger partial charge in [-0.25, -0.2) is 8.78 Å². The second-order valence-corrected chi connectivity index (χ2v) is 6.23. The van der Waals surface area contributed by atoms with Gasteiger partial charge in [0.2, 0.25) is 0 Å². The van der Waals surface area contributed by atoms with Gasteiger partial charge in [0.25, 0.3) is 0 Å². The Morgan fingerprint density at radius 2 is 2.04 bits per heavy atom. The summed E-state index contributed by atoms with van der Waals surface area (Å²) in [6, 6.07) is 3.50. The molecule has 1 aliphatic rings. The van der Waals surface area contributed by atoms with E-state index in [0.717, 1.165) is 31.6 Å². The van der Waals surface area contributed by atoms with Gasteiger partial charge in [-0.15, -0.1) is 0 Å². The monoisotopic (exact) mass is 319 g/mol. The Balaban J connectivity index is 1.81. The third kappa shape index (κ3) is 2.90. The van der Waals surface area contributed by atoms with Crippen LogP contribution in [0.4, 0.5) is 8.78 Å². The number of fused-ring (bicyclic) bond motifs is 1. The van der Waals surface area contributed by atoms with Crippen molar-refractivity contribution < 1.29 is 8.78 Å². The topological polar surface area (TPSA) is 29.9 Å². The first-order chi connectivity index (χ1) is 11.0. The van der Waals surface area contributed by atoms with Crippen LogP contribution in [0.15, 0.2) is 12.1 Å². The zero-order chi connectivity index (χ0) is 16.6. The van der Waals surface area contributed by atoms with E-state index in [2.05, 4.69) is 22.0 Å². The molecule has 0 amide bonds. The second kappa shape index (κ2) is 6.40. The first kappa shape index (κ1) is 16.1. The third-order valence-corrected chi connectivity index (χ3v) is 4.74. The van der Waals surface area contributed by atoms with Crippen molar-refractivity contribution in [3.63, 3.8) is 0 Å². The van der Waals surface area contributed by atoms with Crippen LogP contribution in [0.3, 0.4) is 0 Å². The average Bonchev–Trinajstić information content (AvgIpc) is 2.89. The summed E-state index contributed by atoms with van der Waals surface area (Å²) < 4.78 is 29.8. The Hall–Kier alpha value is -1.75. The molecule has 0 aliphatic carbocycles. The number of halogens is 2. The predicted octanol–water partition coefficient (Wildman–Crippen LogP) is 3.62. The fourth-order valence-electron chi connectivity index (χ4n) is 3.51. The molecule has 1 aromatic carbocycles. The molecular formula is C18H23F2N3. The van der Waals surface area contributed by atoms with Crippen LogP contribution in [0.5, 0.6) is 0 Å². The van der Waals surface area contributed by atoms with Crippen LogP contribution in [-0.2, 0) is 19.4 Å². The maximum Gasteiger partial charge on any atom is 0.162 e. The van der Waals surface area contributed by atoms with E-state index in [1.54, 1.807) is 19.1 Å². The molecule has 2 aromatic rings. The van der Waals surface area contributed by atoms with E-state index >= 15 is 0 Å². The van der Waals surface area contributed by atoms with Crippen LogP contribution in [0.1, 0.15) is 47.5 Å². The van der Waals surface area contributed by atoms with Crippen LogP contribution in [-0.4, -0.2) is 16.3 Å². The second-order valence-electron chi connectivity index (χ2n) is 6.23. The Kier molecular flexibility index (Phi) is 4.48. The minimum absolute atomic E-state index is 0.155. The molecule has 2 heterocycles. The number of benzene rings is 1. The first-order valence-corrected chi connectivity index (χ1v) is 8.26. The Morgan fingerprint density at radius 1 is 1.26 bits per heavy atom. The molecular weight excluding hydrogens is 296 g/mol. The van der Waals surface area contributed by atoms with Gasteiger partial charge >= 0.3 is 0 Å². The molecule has 0 radical (unpaired) electrons. The summed E-state index contributed by atoms with van der Waals surface area (Å²) in [5.41, 5.74) is 4.36. The van der Waals surface area contributed by atoms with Gasteiger partial charge in [-0.3, -0.25) is 4.68 Å². The van der Waals surface area contributed by atoms with E-state index in [0.29, 0.717) is 17.5 Å². The number of nitrogens with zero attached hydrogens (tertiary/aromatic N) is 2. The van der Waals surface area contributed by atoms with E-state index in [4.69, 9.17) is 0 Å². The maximum atomic E-state index is 14.0. The highest BCUT2D eigenvalue weighted by Crippen LogP contribution is 2.30. The van der Waals surface area contributed by atoms with Crippen LogP contribution < -0.4 is 5.32 Å². The predicted molar refractivity (Wildman–Crippen MR) is 86.5 cm³/mol. The number of nitrogens with one attached hydrogen (secondary N) is 1. The number of rotatable bonds is 4. The molecule has 124 valence electrons. The third-order valence-electron chi connectivity index (χ3n) is 4.74. The molecule has 1 aromatic heterocycles. The fourth-order valence-corrected chi connectivity index (χ4v) is 3.51. The Labute approximate surface area is 135 Å². The number of aromatic nitrogens is 2. The van der Waals surface area contributed by atoms with Crippen molar-refractivity contribution in [2.75, 3.05) is 6.54 Å². The summed E-state index contributed by atoms with van der Waals surface area (Å²) >= 11 is 0. The minimum atomic E-state index is -0.727. The summed E-state index contributed by atoms with van der Waals surface area (Å²) in [5, 5.41) is 8.10. The van der Waals surface area contributed by atoms with E-state index in [9.17, 15) is 8.78 Å². The van der Waals surface area contributed by atoms with Gasteiger partial charge in [-0.1, -0.05) is 12.1 Å². The standard InChI is InChI=1S/C18H23F2N3/c1-4-23-15-9-10-21-14(16(15)12(3)22-23)8-7-13-6-5-11(2)17(19)18(13)20/h5-6,14,21H,4,7-10H2,1-3H3/t14-/m0/s1. The SMILES string of the molecule is CCn1nc(C)c2c1CCN[C@H]2CCc1ccc(C)c(F)c1F. The van der Waals surface area contributed by atoms with E-state index in [1.807, 2.05) is 6.92 Å². The molecule has 3 rings (SSSR count).